The molecule has 21 heavy (non-hydrogen) atoms. The van der Waals surface area contributed by atoms with Crippen molar-refractivity contribution in [1.82, 2.24) is 10.6 Å². The third-order valence-corrected chi connectivity index (χ3v) is 4.38. The van der Waals surface area contributed by atoms with Crippen LogP contribution in [-0.4, -0.2) is 31.1 Å². The molecule has 0 spiro atoms. The Hall–Kier alpha value is -1.07. The molecule has 1 aromatic carbocycles. The zero-order valence-corrected chi connectivity index (χ0v) is 14.2. The van der Waals surface area contributed by atoms with Crippen molar-refractivity contribution in [2.45, 2.75) is 38.8 Å². The fourth-order valence-electron chi connectivity index (χ4n) is 2.56. The van der Waals surface area contributed by atoms with Crippen LogP contribution in [0.4, 0.5) is 0 Å². The van der Waals surface area contributed by atoms with E-state index in [1.807, 2.05) is 31.2 Å². The van der Waals surface area contributed by atoms with Gasteiger partial charge in [0, 0.05) is 12.0 Å². The minimum Gasteiger partial charge on any atom is -0.488 e. The Morgan fingerprint density at radius 3 is 3.00 bits per heavy atom. The number of amides is 1. The van der Waals surface area contributed by atoms with E-state index in [4.69, 9.17) is 4.74 Å². The summed E-state index contributed by atoms with van der Waals surface area (Å²) in [6, 6.07) is 8.15. The van der Waals surface area contributed by atoms with Crippen LogP contribution in [-0.2, 0) is 4.79 Å². The van der Waals surface area contributed by atoms with Crippen LogP contribution in [0.15, 0.2) is 28.7 Å². The molecule has 1 aliphatic rings. The molecule has 2 rings (SSSR count). The van der Waals surface area contributed by atoms with Gasteiger partial charge in [-0.15, -0.1) is 0 Å². The van der Waals surface area contributed by atoms with Gasteiger partial charge in [-0.25, -0.2) is 0 Å². The molecule has 4 nitrogen and oxygen atoms in total. The number of nitrogens with one attached hydrogen (secondary N) is 2. The van der Waals surface area contributed by atoms with Crippen molar-refractivity contribution in [2.24, 2.45) is 5.92 Å². The van der Waals surface area contributed by atoms with Crippen LogP contribution in [0.2, 0.25) is 0 Å². The van der Waals surface area contributed by atoms with Crippen molar-refractivity contribution < 1.29 is 9.53 Å². The Morgan fingerprint density at radius 1 is 1.52 bits per heavy atom. The number of hydrogen-bond donors (Lipinski definition) is 2. The molecule has 1 saturated heterocycles. The highest BCUT2D eigenvalue weighted by atomic mass is 79.9. The molecule has 0 bridgehead atoms. The van der Waals surface area contributed by atoms with Crippen molar-refractivity contribution in [1.29, 1.82) is 0 Å². The van der Waals surface area contributed by atoms with E-state index in [2.05, 4.69) is 33.5 Å². The van der Waals surface area contributed by atoms with Crippen LogP contribution < -0.4 is 15.4 Å². The number of piperidine rings is 1. The van der Waals surface area contributed by atoms with Gasteiger partial charge in [0.1, 0.15) is 11.9 Å². The van der Waals surface area contributed by atoms with E-state index in [0.717, 1.165) is 29.6 Å². The normalized spacial score (nSPS) is 23.4. The number of ether oxygens (including phenoxy) is 1. The molecular weight excluding hydrogens is 332 g/mol. The fraction of sp³-hybridized carbons (Fsp3) is 0.562. The summed E-state index contributed by atoms with van der Waals surface area (Å²) in [6.07, 6.45) is 1.76. The van der Waals surface area contributed by atoms with Crippen molar-refractivity contribution in [3.63, 3.8) is 0 Å². The topological polar surface area (TPSA) is 50.4 Å². The molecule has 1 fully saturated rings. The summed E-state index contributed by atoms with van der Waals surface area (Å²) in [6.45, 7) is 5.53. The van der Waals surface area contributed by atoms with Gasteiger partial charge in [0.05, 0.1) is 11.0 Å². The van der Waals surface area contributed by atoms with Gasteiger partial charge in [-0.2, -0.15) is 0 Å². The maximum Gasteiger partial charge on any atom is 0.223 e. The van der Waals surface area contributed by atoms with Crippen LogP contribution in [0.25, 0.3) is 0 Å². The predicted octanol–water partition coefficient (Wildman–Crippen LogP) is 2.72. The summed E-state index contributed by atoms with van der Waals surface area (Å²) in [7, 11) is 0. The Balaban J connectivity index is 1.77. The summed E-state index contributed by atoms with van der Waals surface area (Å²) >= 11 is 3.45. The van der Waals surface area contributed by atoms with Crippen molar-refractivity contribution in [2.75, 3.05) is 13.1 Å². The number of halogens is 1. The van der Waals surface area contributed by atoms with E-state index in [9.17, 15) is 4.79 Å². The average Bonchev–Trinajstić information content (AvgIpc) is 2.47. The molecule has 3 atom stereocenters. The third kappa shape index (κ3) is 5.00. The highest BCUT2D eigenvalue weighted by Crippen LogP contribution is 2.24. The number of rotatable bonds is 5. The first kappa shape index (κ1) is 16.3. The quantitative estimate of drug-likeness (QED) is 0.854. The molecule has 0 aromatic heterocycles. The van der Waals surface area contributed by atoms with Crippen LogP contribution in [0.3, 0.4) is 0 Å². The number of benzene rings is 1. The maximum atomic E-state index is 12.2. The molecule has 5 heteroatoms. The first-order valence-electron chi connectivity index (χ1n) is 7.48. The molecule has 1 unspecified atom stereocenters. The molecule has 0 saturated carbocycles. The summed E-state index contributed by atoms with van der Waals surface area (Å²) in [5, 5.41) is 6.37. The monoisotopic (exact) mass is 354 g/mol. The van der Waals surface area contributed by atoms with Crippen LogP contribution in [0, 0.1) is 5.92 Å². The molecule has 1 amide bonds. The first-order chi connectivity index (χ1) is 10.1. The fourth-order valence-corrected chi connectivity index (χ4v) is 2.94. The first-order valence-corrected chi connectivity index (χ1v) is 8.28. The summed E-state index contributed by atoms with van der Waals surface area (Å²) < 4.78 is 6.76. The zero-order valence-electron chi connectivity index (χ0n) is 12.6. The molecule has 1 heterocycles. The standard InChI is InChI=1S/C16H23BrN2O2/c1-11-9-13(7-8-18-11)16(20)19-10-12(2)21-15-6-4-3-5-14(15)17/h3-6,11-13,18H,7-10H2,1-2H3,(H,19,20)/t11-,12?,13-/m0/s1. The largest absolute Gasteiger partial charge is 0.488 e. The van der Waals surface area contributed by atoms with Gasteiger partial charge < -0.3 is 15.4 Å². The van der Waals surface area contributed by atoms with Crippen molar-refractivity contribution >= 4 is 21.8 Å². The van der Waals surface area contributed by atoms with Gasteiger partial charge in [0.15, 0.2) is 0 Å². The Bertz CT molecular complexity index is 481. The lowest BCUT2D eigenvalue weighted by atomic mass is 9.92. The van der Waals surface area contributed by atoms with E-state index < -0.39 is 0 Å². The Morgan fingerprint density at radius 2 is 2.29 bits per heavy atom. The van der Waals surface area contributed by atoms with Crippen molar-refractivity contribution in [3.05, 3.63) is 28.7 Å². The molecular formula is C16H23BrN2O2. The zero-order chi connectivity index (χ0) is 15.2. The molecule has 0 radical (unpaired) electrons. The van der Waals surface area contributed by atoms with Crippen LogP contribution in [0.5, 0.6) is 5.75 Å². The smallest absolute Gasteiger partial charge is 0.223 e. The minimum atomic E-state index is -0.0632. The van der Waals surface area contributed by atoms with Gasteiger partial charge in [0.25, 0.3) is 0 Å². The van der Waals surface area contributed by atoms with Gasteiger partial charge >= 0.3 is 0 Å². The van der Waals surface area contributed by atoms with Gasteiger partial charge in [-0.3, -0.25) is 4.79 Å². The number of carbonyl (C=O) groups excluding carboxylic acids is 1. The lowest BCUT2D eigenvalue weighted by molar-refractivity contribution is -0.126. The van der Waals surface area contributed by atoms with E-state index >= 15 is 0 Å². The van der Waals surface area contributed by atoms with Crippen LogP contribution in [0.1, 0.15) is 26.7 Å². The van der Waals surface area contributed by atoms with E-state index in [1.165, 1.54) is 0 Å². The SMILES string of the molecule is CC(CNC(=O)[C@H]1CCN[C@@H](C)C1)Oc1ccccc1Br. The number of carbonyl (C=O) groups is 1. The summed E-state index contributed by atoms with van der Waals surface area (Å²) in [5.74, 6) is 1.07. The number of para-hydroxylation sites is 1. The van der Waals surface area contributed by atoms with Crippen molar-refractivity contribution in [3.8, 4) is 5.75 Å². The summed E-state index contributed by atoms with van der Waals surface area (Å²) in [5.41, 5.74) is 0. The predicted molar refractivity (Wildman–Crippen MR) is 87.4 cm³/mol. The lowest BCUT2D eigenvalue weighted by Gasteiger charge is -2.27. The Kier molecular flexibility index (Phi) is 6.06. The van der Waals surface area contributed by atoms with Gasteiger partial charge in [-0.1, -0.05) is 12.1 Å². The second-order valence-electron chi connectivity index (χ2n) is 5.68. The Labute approximate surface area is 134 Å². The summed E-state index contributed by atoms with van der Waals surface area (Å²) in [4.78, 5) is 12.2. The van der Waals surface area contributed by atoms with Gasteiger partial charge in [-0.05, 0) is 61.3 Å². The highest BCUT2D eigenvalue weighted by Gasteiger charge is 2.24. The van der Waals surface area contributed by atoms with E-state index in [-0.39, 0.29) is 17.9 Å². The van der Waals surface area contributed by atoms with E-state index in [1.54, 1.807) is 0 Å². The maximum absolute atomic E-state index is 12.2. The van der Waals surface area contributed by atoms with Crippen LogP contribution >= 0.6 is 15.9 Å². The molecule has 2 N–H and O–H groups in total. The highest BCUT2D eigenvalue weighted by molar-refractivity contribution is 9.10. The lowest BCUT2D eigenvalue weighted by Crippen LogP contribution is -2.44. The molecule has 0 aliphatic carbocycles. The third-order valence-electron chi connectivity index (χ3n) is 3.72. The molecule has 116 valence electrons. The minimum absolute atomic E-state index is 0.0632. The second kappa shape index (κ2) is 7.80. The molecule has 1 aromatic rings. The van der Waals surface area contributed by atoms with E-state index in [0.29, 0.717) is 12.6 Å². The van der Waals surface area contributed by atoms with Gasteiger partial charge in [0.2, 0.25) is 5.91 Å². The number of hydrogen-bond acceptors (Lipinski definition) is 3. The average molecular weight is 355 g/mol. The second-order valence-corrected chi connectivity index (χ2v) is 6.53. The molecule has 1 aliphatic heterocycles.